The van der Waals surface area contributed by atoms with Crippen molar-refractivity contribution in [3.63, 3.8) is 0 Å². The van der Waals surface area contributed by atoms with Crippen molar-refractivity contribution < 1.29 is 28.2 Å². The van der Waals surface area contributed by atoms with E-state index < -0.39 is 34.0 Å². The van der Waals surface area contributed by atoms with Crippen LogP contribution in [0.2, 0.25) is 0 Å². The minimum Gasteiger partial charge on any atom is -0.478 e. The summed E-state index contributed by atoms with van der Waals surface area (Å²) >= 11 is 0. The van der Waals surface area contributed by atoms with Gasteiger partial charge in [0.1, 0.15) is 0 Å². The number of amides is 1. The van der Waals surface area contributed by atoms with E-state index in [1.54, 1.807) is 18.2 Å². The number of hydrogen-bond donors (Lipinski definition) is 4. The summed E-state index contributed by atoms with van der Waals surface area (Å²) < 4.78 is 22.8. The maximum absolute atomic E-state index is 12.3. The molecular formula is C17H16N2O6S. The van der Waals surface area contributed by atoms with E-state index in [0.717, 1.165) is 5.41 Å². The van der Waals surface area contributed by atoms with Gasteiger partial charge in [0.15, 0.2) is 16.1 Å². The van der Waals surface area contributed by atoms with Crippen LogP contribution in [0, 0.1) is 0 Å². The molecule has 0 radical (unpaired) electrons. The number of sulfone groups is 1. The van der Waals surface area contributed by atoms with Gasteiger partial charge in [-0.15, -0.1) is 0 Å². The summed E-state index contributed by atoms with van der Waals surface area (Å²) in [4.78, 5) is 23.6. The van der Waals surface area contributed by atoms with Gasteiger partial charge in [0, 0.05) is 16.7 Å². The van der Waals surface area contributed by atoms with Gasteiger partial charge in [-0.25, -0.2) is 13.2 Å². The van der Waals surface area contributed by atoms with E-state index in [4.69, 9.17) is 0 Å². The quantitative estimate of drug-likeness (QED) is 0.581. The van der Waals surface area contributed by atoms with Crippen molar-refractivity contribution in [2.75, 3.05) is 5.75 Å². The first-order valence-corrected chi connectivity index (χ1v) is 9.39. The molecule has 2 aliphatic rings. The van der Waals surface area contributed by atoms with Crippen LogP contribution >= 0.6 is 0 Å². The van der Waals surface area contributed by atoms with Crippen LogP contribution in [0.25, 0.3) is 5.70 Å². The fourth-order valence-electron chi connectivity index (χ4n) is 2.73. The molecule has 0 saturated heterocycles. The van der Waals surface area contributed by atoms with Gasteiger partial charge >= 0.3 is 5.97 Å². The predicted octanol–water partition coefficient (Wildman–Crippen LogP) is 0.000600. The molecule has 9 heteroatoms. The van der Waals surface area contributed by atoms with Gasteiger partial charge in [0.25, 0.3) is 5.91 Å². The minimum atomic E-state index is -3.30. The molecule has 1 aromatic rings. The summed E-state index contributed by atoms with van der Waals surface area (Å²) in [7, 11) is -3.30. The second kappa shape index (κ2) is 6.77. The zero-order valence-electron chi connectivity index (χ0n) is 13.4. The predicted molar refractivity (Wildman–Crippen MR) is 93.5 cm³/mol. The highest BCUT2D eigenvalue weighted by Gasteiger charge is 2.28. The highest BCUT2D eigenvalue weighted by Crippen LogP contribution is 2.22. The van der Waals surface area contributed by atoms with E-state index in [-0.39, 0.29) is 16.9 Å². The fourth-order valence-corrected chi connectivity index (χ4v) is 3.96. The molecule has 0 spiro atoms. The number of benzene rings is 1. The van der Waals surface area contributed by atoms with Crippen molar-refractivity contribution in [1.29, 1.82) is 0 Å². The Hall–Kier alpha value is -2.91. The molecule has 0 bridgehead atoms. The lowest BCUT2D eigenvalue weighted by Gasteiger charge is -2.24. The molecule has 2 atom stereocenters. The van der Waals surface area contributed by atoms with Crippen molar-refractivity contribution in [2.24, 2.45) is 0 Å². The van der Waals surface area contributed by atoms with Crippen LogP contribution < -0.4 is 10.6 Å². The Bertz CT molecular complexity index is 961. The van der Waals surface area contributed by atoms with E-state index in [9.17, 15) is 28.2 Å². The van der Waals surface area contributed by atoms with E-state index in [1.807, 2.05) is 0 Å². The SMILES string of the molecule is O=C(N[C@@H]1C=CS(=O)(=O)C1)C1=CC=C(c2ccccc2C(=O)O)NC1O. The van der Waals surface area contributed by atoms with Crippen molar-refractivity contribution in [3.05, 3.63) is 64.6 Å². The van der Waals surface area contributed by atoms with Gasteiger partial charge in [0.2, 0.25) is 0 Å². The molecule has 26 heavy (non-hydrogen) atoms. The highest BCUT2D eigenvalue weighted by molar-refractivity contribution is 7.94. The molecule has 0 aromatic heterocycles. The summed E-state index contributed by atoms with van der Waals surface area (Å²) in [5.41, 5.74) is 0.787. The van der Waals surface area contributed by atoms with Crippen molar-refractivity contribution in [2.45, 2.75) is 12.3 Å². The van der Waals surface area contributed by atoms with Gasteiger partial charge in [-0.3, -0.25) is 4.79 Å². The first-order valence-electron chi connectivity index (χ1n) is 7.68. The normalized spacial score (nSPS) is 23.6. The number of aromatic carboxylic acids is 1. The molecule has 0 saturated carbocycles. The summed E-state index contributed by atoms with van der Waals surface area (Å²) in [6, 6.07) is 5.62. The van der Waals surface area contributed by atoms with Crippen LogP contribution in [0.15, 0.2) is 53.5 Å². The van der Waals surface area contributed by atoms with Crippen molar-refractivity contribution >= 4 is 27.4 Å². The number of allylic oxidation sites excluding steroid dienone is 2. The number of rotatable bonds is 4. The first kappa shape index (κ1) is 17.9. The number of carbonyl (C=O) groups excluding carboxylic acids is 1. The van der Waals surface area contributed by atoms with E-state index >= 15 is 0 Å². The summed E-state index contributed by atoms with van der Waals surface area (Å²) in [6.07, 6.45) is 2.88. The first-order chi connectivity index (χ1) is 12.3. The number of dihydropyridines is 1. The van der Waals surface area contributed by atoms with Gasteiger partial charge in [-0.1, -0.05) is 18.2 Å². The number of nitrogens with one attached hydrogen (secondary N) is 2. The third-order valence-corrected chi connectivity index (χ3v) is 5.37. The van der Waals surface area contributed by atoms with Gasteiger partial charge in [-0.05, 0) is 24.3 Å². The van der Waals surface area contributed by atoms with Crippen LogP contribution in [0.3, 0.4) is 0 Å². The average Bonchev–Trinajstić information content (AvgIpc) is 2.93. The molecule has 0 aliphatic carbocycles. The third kappa shape index (κ3) is 3.68. The summed E-state index contributed by atoms with van der Waals surface area (Å²) in [5, 5.41) is 25.7. The van der Waals surface area contributed by atoms with Crippen LogP contribution in [0.5, 0.6) is 0 Å². The molecule has 2 heterocycles. The monoisotopic (exact) mass is 376 g/mol. The molecular weight excluding hydrogens is 360 g/mol. The van der Waals surface area contributed by atoms with Crippen molar-refractivity contribution in [1.82, 2.24) is 10.6 Å². The van der Waals surface area contributed by atoms with Crippen molar-refractivity contribution in [3.8, 4) is 0 Å². The topological polar surface area (TPSA) is 133 Å². The Labute approximate surface area is 149 Å². The highest BCUT2D eigenvalue weighted by atomic mass is 32.2. The molecule has 1 amide bonds. The number of hydrogen-bond acceptors (Lipinski definition) is 6. The molecule has 1 unspecified atom stereocenters. The molecule has 3 rings (SSSR count). The smallest absolute Gasteiger partial charge is 0.336 e. The van der Waals surface area contributed by atoms with E-state index in [1.165, 1.54) is 24.3 Å². The van der Waals surface area contributed by atoms with E-state index in [2.05, 4.69) is 10.6 Å². The molecule has 4 N–H and O–H groups in total. The second-order valence-electron chi connectivity index (χ2n) is 5.84. The minimum absolute atomic E-state index is 0.000691. The largest absolute Gasteiger partial charge is 0.478 e. The van der Waals surface area contributed by atoms with Gasteiger partial charge < -0.3 is 20.8 Å². The number of carboxylic acids is 1. The Morgan fingerprint density at radius 1 is 1.19 bits per heavy atom. The third-order valence-electron chi connectivity index (χ3n) is 3.97. The Kier molecular flexibility index (Phi) is 4.66. The lowest BCUT2D eigenvalue weighted by molar-refractivity contribution is -0.118. The zero-order chi connectivity index (χ0) is 18.9. The van der Waals surface area contributed by atoms with Crippen LogP contribution in [-0.2, 0) is 14.6 Å². The molecule has 136 valence electrons. The Morgan fingerprint density at radius 3 is 2.54 bits per heavy atom. The Morgan fingerprint density at radius 2 is 1.92 bits per heavy atom. The lowest BCUT2D eigenvalue weighted by atomic mass is 10.0. The standard InChI is InChI=1S/C17H16N2O6S/c20-15(18-10-7-8-26(24,25)9-10)13-5-6-14(19-16(13)21)11-3-1-2-4-12(11)17(22)23/h1-8,10,16,19,21H,9H2,(H,18,20)(H,22,23)/t10-,16?/m1/s1. The maximum Gasteiger partial charge on any atom is 0.336 e. The summed E-state index contributed by atoms with van der Waals surface area (Å²) in [5.74, 6) is -1.94. The van der Waals surface area contributed by atoms with Gasteiger partial charge in [0.05, 0.1) is 22.9 Å². The number of carbonyl (C=O) groups is 2. The molecule has 1 aromatic carbocycles. The number of carboxylic acid groups (broad SMARTS) is 1. The maximum atomic E-state index is 12.3. The molecule has 2 aliphatic heterocycles. The fraction of sp³-hybridized carbons (Fsp3) is 0.176. The Balaban J connectivity index is 1.81. The number of aliphatic hydroxyl groups is 1. The van der Waals surface area contributed by atoms with E-state index in [0.29, 0.717) is 11.3 Å². The van der Waals surface area contributed by atoms with Crippen LogP contribution in [0.1, 0.15) is 15.9 Å². The average molecular weight is 376 g/mol. The summed E-state index contributed by atoms with van der Waals surface area (Å²) in [6.45, 7) is 0. The molecule has 8 nitrogen and oxygen atoms in total. The van der Waals surface area contributed by atoms with Crippen LogP contribution in [0.4, 0.5) is 0 Å². The zero-order valence-corrected chi connectivity index (χ0v) is 14.2. The lowest BCUT2D eigenvalue weighted by Crippen LogP contribution is -2.43. The molecule has 0 fully saturated rings. The van der Waals surface area contributed by atoms with Gasteiger partial charge in [-0.2, -0.15) is 0 Å². The number of aliphatic hydroxyl groups excluding tert-OH is 1. The van der Waals surface area contributed by atoms with Crippen LogP contribution in [-0.4, -0.2) is 48.5 Å². The second-order valence-corrected chi connectivity index (χ2v) is 7.77.